The van der Waals surface area contributed by atoms with E-state index in [0.29, 0.717) is 22.7 Å². The Morgan fingerprint density at radius 3 is 2.38 bits per heavy atom. The molecule has 1 aromatic carbocycles. The molecule has 1 aromatic rings. The highest BCUT2D eigenvalue weighted by molar-refractivity contribution is 6.32. The van der Waals surface area contributed by atoms with Gasteiger partial charge in [0.25, 0.3) is 0 Å². The smallest absolute Gasteiger partial charge is 0.143 e. The molecular weight excluding hydrogens is 288 g/mol. The Hall–Kier alpha value is -1.13. The molecule has 21 heavy (non-hydrogen) atoms. The molecule has 0 bridgehead atoms. The molecule has 5 heteroatoms. The van der Waals surface area contributed by atoms with Gasteiger partial charge in [0.05, 0.1) is 24.9 Å². The number of nitrogens with one attached hydrogen (secondary N) is 1. The van der Waals surface area contributed by atoms with E-state index in [9.17, 15) is 0 Å². The number of anilines is 1. The zero-order valence-electron chi connectivity index (χ0n) is 13.3. The van der Waals surface area contributed by atoms with Crippen molar-refractivity contribution >= 4 is 17.3 Å². The number of methoxy groups -OCH3 is 2. The van der Waals surface area contributed by atoms with E-state index in [1.807, 2.05) is 6.07 Å². The molecule has 0 aromatic heterocycles. The van der Waals surface area contributed by atoms with Crippen LogP contribution in [0, 0.1) is 5.92 Å². The average molecular weight is 313 g/mol. The first kappa shape index (κ1) is 16.2. The summed E-state index contributed by atoms with van der Waals surface area (Å²) < 4.78 is 10.7. The third-order valence-corrected chi connectivity index (χ3v) is 4.62. The minimum atomic E-state index is 0.387. The van der Waals surface area contributed by atoms with Gasteiger partial charge in [0.1, 0.15) is 11.5 Å². The summed E-state index contributed by atoms with van der Waals surface area (Å²) >= 11 is 6.14. The molecule has 0 amide bonds. The van der Waals surface area contributed by atoms with Gasteiger partial charge in [-0.25, -0.2) is 0 Å². The standard InChI is InChI=1S/C16H25ClN2O2/c1-11(12-5-7-19(2)8-6-12)18-14-10-15(20-3)13(17)9-16(14)21-4/h9-12,18H,5-8H2,1-4H3. The van der Waals surface area contributed by atoms with E-state index in [1.54, 1.807) is 20.3 Å². The van der Waals surface area contributed by atoms with Crippen LogP contribution in [0.2, 0.25) is 5.02 Å². The highest BCUT2D eigenvalue weighted by atomic mass is 35.5. The molecule has 1 unspecified atom stereocenters. The van der Waals surface area contributed by atoms with E-state index in [4.69, 9.17) is 21.1 Å². The van der Waals surface area contributed by atoms with Crippen molar-refractivity contribution < 1.29 is 9.47 Å². The van der Waals surface area contributed by atoms with Crippen LogP contribution in [0.5, 0.6) is 11.5 Å². The van der Waals surface area contributed by atoms with Crippen LogP contribution in [-0.4, -0.2) is 45.3 Å². The minimum Gasteiger partial charge on any atom is -0.495 e. The maximum atomic E-state index is 6.14. The summed E-state index contributed by atoms with van der Waals surface area (Å²) in [5, 5.41) is 4.13. The van der Waals surface area contributed by atoms with Gasteiger partial charge >= 0.3 is 0 Å². The molecule has 1 aliphatic rings. The molecule has 1 saturated heterocycles. The molecule has 118 valence electrons. The lowest BCUT2D eigenvalue weighted by atomic mass is 9.90. The number of ether oxygens (including phenoxy) is 2. The molecule has 0 radical (unpaired) electrons. The quantitative estimate of drug-likeness (QED) is 0.902. The maximum Gasteiger partial charge on any atom is 0.143 e. The van der Waals surface area contributed by atoms with Crippen molar-refractivity contribution in [2.24, 2.45) is 5.92 Å². The Bertz CT molecular complexity index is 474. The second-order valence-electron chi connectivity index (χ2n) is 5.76. The second-order valence-corrected chi connectivity index (χ2v) is 6.17. The summed E-state index contributed by atoms with van der Waals surface area (Å²) in [4.78, 5) is 2.38. The summed E-state index contributed by atoms with van der Waals surface area (Å²) in [6.07, 6.45) is 2.44. The van der Waals surface area contributed by atoms with E-state index < -0.39 is 0 Å². The van der Waals surface area contributed by atoms with Gasteiger partial charge in [-0.1, -0.05) is 11.6 Å². The number of nitrogens with zero attached hydrogens (tertiary/aromatic N) is 1. The third kappa shape index (κ3) is 3.95. The van der Waals surface area contributed by atoms with Crippen LogP contribution in [0.25, 0.3) is 0 Å². The molecule has 0 saturated carbocycles. The Kier molecular flexibility index (Phi) is 5.59. The Labute approximate surface area is 132 Å². The molecular formula is C16H25ClN2O2. The molecule has 1 aliphatic heterocycles. The Morgan fingerprint density at radius 2 is 1.81 bits per heavy atom. The Morgan fingerprint density at radius 1 is 1.19 bits per heavy atom. The fourth-order valence-corrected chi connectivity index (χ4v) is 3.10. The zero-order chi connectivity index (χ0) is 15.4. The van der Waals surface area contributed by atoms with Crippen LogP contribution in [0.4, 0.5) is 5.69 Å². The lowest BCUT2D eigenvalue weighted by Crippen LogP contribution is -2.37. The van der Waals surface area contributed by atoms with Gasteiger partial charge in [0.2, 0.25) is 0 Å². The van der Waals surface area contributed by atoms with Crippen molar-refractivity contribution in [1.82, 2.24) is 4.90 Å². The molecule has 1 fully saturated rings. The van der Waals surface area contributed by atoms with Crippen molar-refractivity contribution in [3.05, 3.63) is 17.2 Å². The fourth-order valence-electron chi connectivity index (χ4n) is 2.86. The number of hydrogen-bond donors (Lipinski definition) is 1. The summed E-state index contributed by atoms with van der Waals surface area (Å²) in [6, 6.07) is 4.09. The number of halogens is 1. The predicted molar refractivity (Wildman–Crippen MR) is 87.9 cm³/mol. The van der Waals surface area contributed by atoms with E-state index in [-0.39, 0.29) is 0 Å². The van der Waals surface area contributed by atoms with Crippen molar-refractivity contribution in [2.75, 3.05) is 39.7 Å². The number of benzene rings is 1. The van der Waals surface area contributed by atoms with Crippen molar-refractivity contribution in [1.29, 1.82) is 0 Å². The summed E-state index contributed by atoms with van der Waals surface area (Å²) in [7, 11) is 5.46. The first-order valence-electron chi connectivity index (χ1n) is 7.41. The SMILES string of the molecule is COc1cc(NC(C)C2CCN(C)CC2)c(OC)cc1Cl. The van der Waals surface area contributed by atoms with Crippen LogP contribution in [0.15, 0.2) is 12.1 Å². The zero-order valence-corrected chi connectivity index (χ0v) is 14.0. The van der Waals surface area contributed by atoms with E-state index in [0.717, 1.165) is 24.5 Å². The largest absolute Gasteiger partial charge is 0.495 e. The predicted octanol–water partition coefficient (Wildman–Crippen LogP) is 3.50. The number of likely N-dealkylation sites (tertiary alicyclic amines) is 1. The van der Waals surface area contributed by atoms with Gasteiger partial charge in [0.15, 0.2) is 0 Å². The number of hydrogen-bond acceptors (Lipinski definition) is 4. The summed E-state index contributed by atoms with van der Waals surface area (Å²) in [5.41, 5.74) is 0.935. The molecule has 0 spiro atoms. The molecule has 1 N–H and O–H groups in total. The van der Waals surface area contributed by atoms with Crippen LogP contribution < -0.4 is 14.8 Å². The van der Waals surface area contributed by atoms with E-state index in [1.165, 1.54) is 12.8 Å². The minimum absolute atomic E-state index is 0.387. The summed E-state index contributed by atoms with van der Waals surface area (Å²) in [5.74, 6) is 2.09. The normalized spacial score (nSPS) is 18.3. The third-order valence-electron chi connectivity index (χ3n) is 4.33. The molecule has 0 aliphatic carbocycles. The highest BCUT2D eigenvalue weighted by Crippen LogP contribution is 2.37. The van der Waals surface area contributed by atoms with Gasteiger partial charge in [0, 0.05) is 18.2 Å². The van der Waals surface area contributed by atoms with Crippen LogP contribution in [0.1, 0.15) is 19.8 Å². The van der Waals surface area contributed by atoms with Gasteiger partial charge in [-0.3, -0.25) is 0 Å². The van der Waals surface area contributed by atoms with Crippen LogP contribution in [-0.2, 0) is 0 Å². The fraction of sp³-hybridized carbons (Fsp3) is 0.625. The topological polar surface area (TPSA) is 33.7 Å². The van der Waals surface area contributed by atoms with E-state index >= 15 is 0 Å². The molecule has 1 atom stereocenters. The molecule has 4 nitrogen and oxygen atoms in total. The maximum absolute atomic E-state index is 6.14. The lowest BCUT2D eigenvalue weighted by Gasteiger charge is -2.33. The first-order valence-corrected chi connectivity index (χ1v) is 7.79. The van der Waals surface area contributed by atoms with Crippen LogP contribution >= 0.6 is 11.6 Å². The lowest BCUT2D eigenvalue weighted by molar-refractivity contribution is 0.208. The van der Waals surface area contributed by atoms with Crippen LogP contribution in [0.3, 0.4) is 0 Å². The van der Waals surface area contributed by atoms with Gasteiger partial charge in [-0.15, -0.1) is 0 Å². The van der Waals surface area contributed by atoms with Gasteiger partial charge < -0.3 is 19.7 Å². The Balaban J connectivity index is 2.10. The first-order chi connectivity index (χ1) is 10.0. The molecule has 2 rings (SSSR count). The van der Waals surface area contributed by atoms with Gasteiger partial charge in [-0.05, 0) is 45.8 Å². The summed E-state index contributed by atoms with van der Waals surface area (Å²) in [6.45, 7) is 4.56. The van der Waals surface area contributed by atoms with Crippen molar-refractivity contribution in [2.45, 2.75) is 25.8 Å². The van der Waals surface area contributed by atoms with E-state index in [2.05, 4.69) is 24.2 Å². The second kappa shape index (κ2) is 7.23. The van der Waals surface area contributed by atoms with Crippen molar-refractivity contribution in [3.8, 4) is 11.5 Å². The monoisotopic (exact) mass is 312 g/mol. The van der Waals surface area contributed by atoms with Crippen molar-refractivity contribution in [3.63, 3.8) is 0 Å². The highest BCUT2D eigenvalue weighted by Gasteiger charge is 2.23. The number of piperidine rings is 1. The average Bonchev–Trinajstić information content (AvgIpc) is 2.49. The molecule has 1 heterocycles. The number of rotatable bonds is 5. The van der Waals surface area contributed by atoms with Gasteiger partial charge in [-0.2, -0.15) is 0 Å².